The maximum absolute atomic E-state index is 12.2. The molecule has 0 saturated heterocycles. The zero-order valence-electron chi connectivity index (χ0n) is 12.4. The fourth-order valence-corrected chi connectivity index (χ4v) is 2.90. The molecule has 1 heterocycles. The minimum atomic E-state index is -0.234. The second-order valence-corrected chi connectivity index (χ2v) is 6.49. The van der Waals surface area contributed by atoms with E-state index in [0.29, 0.717) is 21.6 Å². The number of aromatic nitrogens is 3. The van der Waals surface area contributed by atoms with Crippen LogP contribution in [-0.2, 0) is 5.75 Å². The SMILES string of the molecule is Cc1ccc(-c2nnc(SCc3ccc(Cl)cc3)[nH]c2=O)cc1. The predicted molar refractivity (Wildman–Crippen MR) is 93.8 cm³/mol. The maximum atomic E-state index is 12.2. The zero-order chi connectivity index (χ0) is 16.2. The van der Waals surface area contributed by atoms with Gasteiger partial charge in [0.05, 0.1) is 0 Å². The van der Waals surface area contributed by atoms with Gasteiger partial charge in [-0.25, -0.2) is 0 Å². The molecule has 0 radical (unpaired) electrons. The average Bonchev–Trinajstić information content (AvgIpc) is 2.55. The van der Waals surface area contributed by atoms with Gasteiger partial charge in [-0.2, -0.15) is 0 Å². The molecule has 0 saturated carbocycles. The van der Waals surface area contributed by atoms with E-state index in [9.17, 15) is 4.79 Å². The Kier molecular flexibility index (Phi) is 4.79. The van der Waals surface area contributed by atoms with E-state index < -0.39 is 0 Å². The number of nitrogens with zero attached hydrogens (tertiary/aromatic N) is 2. The first-order valence-corrected chi connectivity index (χ1v) is 8.39. The molecule has 23 heavy (non-hydrogen) atoms. The summed E-state index contributed by atoms with van der Waals surface area (Å²) in [4.78, 5) is 15.0. The van der Waals surface area contributed by atoms with E-state index in [0.717, 1.165) is 16.7 Å². The van der Waals surface area contributed by atoms with E-state index in [2.05, 4.69) is 15.2 Å². The largest absolute Gasteiger partial charge is 0.298 e. The van der Waals surface area contributed by atoms with Crippen molar-refractivity contribution < 1.29 is 0 Å². The lowest BCUT2D eigenvalue weighted by Crippen LogP contribution is -2.14. The quantitative estimate of drug-likeness (QED) is 0.725. The van der Waals surface area contributed by atoms with E-state index in [-0.39, 0.29) is 5.56 Å². The molecule has 3 rings (SSSR count). The zero-order valence-corrected chi connectivity index (χ0v) is 14.0. The fraction of sp³-hybridized carbons (Fsp3) is 0.118. The van der Waals surface area contributed by atoms with Gasteiger partial charge in [-0.1, -0.05) is 65.3 Å². The molecule has 1 aromatic heterocycles. The number of hydrogen-bond donors (Lipinski definition) is 1. The van der Waals surface area contributed by atoms with E-state index in [1.807, 2.05) is 55.5 Å². The van der Waals surface area contributed by atoms with Gasteiger partial charge in [0.2, 0.25) is 0 Å². The number of thioether (sulfide) groups is 1. The van der Waals surface area contributed by atoms with Crippen molar-refractivity contribution >= 4 is 23.4 Å². The summed E-state index contributed by atoms with van der Waals surface area (Å²) in [5, 5.41) is 9.38. The van der Waals surface area contributed by atoms with Crippen molar-refractivity contribution in [2.24, 2.45) is 0 Å². The van der Waals surface area contributed by atoms with Crippen LogP contribution in [0.4, 0.5) is 0 Å². The van der Waals surface area contributed by atoms with Crippen LogP contribution in [-0.4, -0.2) is 15.2 Å². The Morgan fingerprint density at radius 2 is 1.74 bits per heavy atom. The summed E-state index contributed by atoms with van der Waals surface area (Å²) in [5.41, 5.74) is 3.10. The van der Waals surface area contributed by atoms with E-state index in [1.54, 1.807) is 0 Å². The Labute approximate surface area is 142 Å². The summed E-state index contributed by atoms with van der Waals surface area (Å²) >= 11 is 7.29. The lowest BCUT2D eigenvalue weighted by molar-refractivity contribution is 0.824. The molecule has 2 aromatic carbocycles. The van der Waals surface area contributed by atoms with Gasteiger partial charge in [-0.15, -0.1) is 10.2 Å². The van der Waals surface area contributed by atoms with Gasteiger partial charge in [0.15, 0.2) is 10.9 Å². The molecule has 0 spiro atoms. The molecular formula is C17H14ClN3OS. The van der Waals surface area contributed by atoms with Crippen molar-refractivity contribution in [3.05, 3.63) is 75.0 Å². The van der Waals surface area contributed by atoms with Gasteiger partial charge >= 0.3 is 0 Å². The molecule has 116 valence electrons. The number of H-pyrrole nitrogens is 1. The molecule has 1 N–H and O–H groups in total. The summed E-state index contributed by atoms with van der Waals surface area (Å²) < 4.78 is 0. The minimum absolute atomic E-state index is 0.234. The van der Waals surface area contributed by atoms with Crippen LogP contribution in [0.2, 0.25) is 5.02 Å². The maximum Gasteiger partial charge on any atom is 0.278 e. The molecule has 0 unspecified atom stereocenters. The fourth-order valence-electron chi connectivity index (χ4n) is 2.02. The van der Waals surface area contributed by atoms with Gasteiger partial charge < -0.3 is 0 Å². The average molecular weight is 344 g/mol. The topological polar surface area (TPSA) is 58.6 Å². The number of halogens is 1. The van der Waals surface area contributed by atoms with Crippen molar-refractivity contribution in [2.75, 3.05) is 0 Å². The van der Waals surface area contributed by atoms with Crippen LogP contribution in [0, 0.1) is 6.92 Å². The van der Waals surface area contributed by atoms with Crippen LogP contribution in [0.5, 0.6) is 0 Å². The summed E-state index contributed by atoms with van der Waals surface area (Å²) in [6.07, 6.45) is 0. The minimum Gasteiger partial charge on any atom is -0.298 e. The molecule has 0 atom stereocenters. The summed E-state index contributed by atoms with van der Waals surface area (Å²) in [6, 6.07) is 15.2. The molecular weight excluding hydrogens is 330 g/mol. The van der Waals surface area contributed by atoms with Gasteiger partial charge in [0, 0.05) is 16.3 Å². The first-order valence-electron chi connectivity index (χ1n) is 7.03. The Balaban J connectivity index is 1.75. The Morgan fingerprint density at radius 3 is 2.39 bits per heavy atom. The molecule has 3 aromatic rings. The van der Waals surface area contributed by atoms with Gasteiger partial charge in [0.25, 0.3) is 5.56 Å². The summed E-state index contributed by atoms with van der Waals surface area (Å²) in [6.45, 7) is 2.00. The summed E-state index contributed by atoms with van der Waals surface area (Å²) in [5.74, 6) is 0.686. The number of rotatable bonds is 4. The second-order valence-electron chi connectivity index (χ2n) is 5.09. The van der Waals surface area contributed by atoms with Crippen LogP contribution in [0.1, 0.15) is 11.1 Å². The van der Waals surface area contributed by atoms with E-state index in [4.69, 9.17) is 11.6 Å². The molecule has 0 aliphatic rings. The van der Waals surface area contributed by atoms with Crippen molar-refractivity contribution in [1.29, 1.82) is 0 Å². The Hall–Kier alpha value is -2.11. The Bertz CT molecular complexity index is 860. The van der Waals surface area contributed by atoms with Gasteiger partial charge in [0.1, 0.15) is 0 Å². The molecule has 6 heteroatoms. The second kappa shape index (κ2) is 6.98. The molecule has 0 aliphatic heterocycles. The lowest BCUT2D eigenvalue weighted by Gasteiger charge is -2.03. The number of nitrogens with one attached hydrogen (secondary N) is 1. The molecule has 0 amide bonds. The lowest BCUT2D eigenvalue weighted by atomic mass is 10.1. The third kappa shape index (κ3) is 4.00. The predicted octanol–water partition coefficient (Wildman–Crippen LogP) is 4.09. The number of aryl methyl sites for hydroxylation is 1. The van der Waals surface area contributed by atoms with E-state index in [1.165, 1.54) is 11.8 Å². The highest BCUT2D eigenvalue weighted by molar-refractivity contribution is 7.98. The van der Waals surface area contributed by atoms with Crippen molar-refractivity contribution in [3.8, 4) is 11.3 Å². The summed E-state index contributed by atoms with van der Waals surface area (Å²) in [7, 11) is 0. The first kappa shape index (κ1) is 15.8. The Morgan fingerprint density at radius 1 is 1.04 bits per heavy atom. The monoisotopic (exact) mass is 343 g/mol. The number of aromatic amines is 1. The van der Waals surface area contributed by atoms with Gasteiger partial charge in [-0.3, -0.25) is 9.78 Å². The molecule has 0 aliphatic carbocycles. The number of benzene rings is 2. The normalized spacial score (nSPS) is 10.7. The van der Waals surface area contributed by atoms with Crippen LogP contribution in [0.15, 0.2) is 58.5 Å². The van der Waals surface area contributed by atoms with Gasteiger partial charge in [-0.05, 0) is 24.6 Å². The van der Waals surface area contributed by atoms with Crippen LogP contribution < -0.4 is 5.56 Å². The van der Waals surface area contributed by atoms with Crippen molar-refractivity contribution in [2.45, 2.75) is 17.8 Å². The van der Waals surface area contributed by atoms with Crippen molar-refractivity contribution in [3.63, 3.8) is 0 Å². The smallest absolute Gasteiger partial charge is 0.278 e. The third-order valence-corrected chi connectivity index (χ3v) is 4.48. The van der Waals surface area contributed by atoms with Crippen LogP contribution >= 0.6 is 23.4 Å². The molecule has 0 fully saturated rings. The number of hydrogen-bond acceptors (Lipinski definition) is 4. The highest BCUT2D eigenvalue weighted by Gasteiger charge is 2.08. The highest BCUT2D eigenvalue weighted by atomic mass is 35.5. The van der Waals surface area contributed by atoms with E-state index >= 15 is 0 Å². The molecule has 4 nitrogen and oxygen atoms in total. The first-order chi connectivity index (χ1) is 11.1. The standard InChI is InChI=1S/C17H14ClN3OS/c1-11-2-6-13(7-3-11)15-16(22)19-17(21-20-15)23-10-12-4-8-14(18)9-5-12/h2-9H,10H2,1H3,(H,19,21,22). The highest BCUT2D eigenvalue weighted by Crippen LogP contribution is 2.20. The van der Waals surface area contributed by atoms with Crippen LogP contribution in [0.25, 0.3) is 11.3 Å². The molecule has 0 bridgehead atoms. The van der Waals surface area contributed by atoms with Crippen LogP contribution in [0.3, 0.4) is 0 Å². The van der Waals surface area contributed by atoms with Crippen molar-refractivity contribution in [1.82, 2.24) is 15.2 Å². The third-order valence-electron chi connectivity index (χ3n) is 3.29.